The summed E-state index contributed by atoms with van der Waals surface area (Å²) < 4.78 is 0. The molecule has 1 aliphatic carbocycles. The number of carboxylic acid groups (broad SMARTS) is 1. The van der Waals surface area contributed by atoms with Crippen LogP contribution in [0.4, 0.5) is 10.5 Å². The number of rotatable bonds is 8. The maximum Gasteiger partial charge on any atom is 0.411 e. The Hall–Kier alpha value is -2.10. The van der Waals surface area contributed by atoms with E-state index in [9.17, 15) is 9.90 Å². The number of anilines is 1. The molecule has 0 unspecified atom stereocenters. The van der Waals surface area contributed by atoms with Crippen molar-refractivity contribution in [3.63, 3.8) is 0 Å². The predicted octanol–water partition coefficient (Wildman–Crippen LogP) is 5.96. The molecule has 0 fully saturated rings. The normalized spacial score (nSPS) is 13.6. The number of para-hydroxylation sites is 1. The molecule has 26 heavy (non-hydrogen) atoms. The molecule has 4 nitrogen and oxygen atoms in total. The summed E-state index contributed by atoms with van der Waals surface area (Å²) in [5, 5.41) is 10.9. The third kappa shape index (κ3) is 4.17. The van der Waals surface area contributed by atoms with Gasteiger partial charge in [0.05, 0.1) is 11.2 Å². The van der Waals surface area contributed by atoms with Gasteiger partial charge in [0.15, 0.2) is 0 Å². The highest BCUT2D eigenvalue weighted by atomic mass is 16.4. The molecule has 140 valence electrons. The minimum atomic E-state index is -0.845. The lowest BCUT2D eigenvalue weighted by Crippen LogP contribution is -2.32. The molecule has 0 bridgehead atoms. The summed E-state index contributed by atoms with van der Waals surface area (Å²) >= 11 is 0. The average molecular weight is 354 g/mol. The number of hydrogen-bond acceptors (Lipinski definition) is 2. The molecule has 1 heterocycles. The number of nitrogens with zero attached hydrogens (tertiary/aromatic N) is 2. The van der Waals surface area contributed by atoms with Gasteiger partial charge in [0.2, 0.25) is 0 Å². The highest BCUT2D eigenvalue weighted by Gasteiger charge is 2.25. The molecule has 1 aromatic carbocycles. The lowest BCUT2D eigenvalue weighted by Gasteiger charge is -2.27. The SMILES string of the molecule is CCCCCCCCN(C(=O)O)c1c2c(nc3ccccc13)CCCC2. The minimum absolute atomic E-state index is 0.571. The number of benzene rings is 1. The summed E-state index contributed by atoms with van der Waals surface area (Å²) in [5.74, 6) is 0. The summed E-state index contributed by atoms with van der Waals surface area (Å²) in [5.41, 5.74) is 4.06. The number of unbranched alkanes of at least 4 members (excludes halogenated alkanes) is 5. The number of fused-ring (bicyclic) bond motifs is 2. The minimum Gasteiger partial charge on any atom is -0.465 e. The Balaban J connectivity index is 1.88. The van der Waals surface area contributed by atoms with Crippen LogP contribution in [0.3, 0.4) is 0 Å². The standard InChI is InChI=1S/C22H30N2O2/c1-2-3-4-5-6-11-16-24(22(25)26)21-17-12-7-9-14-19(17)23-20-15-10-8-13-18(20)21/h7,9,12,14H,2-6,8,10-11,13,15-16H2,1H3,(H,25,26). The van der Waals surface area contributed by atoms with Crippen molar-refractivity contribution in [3.05, 3.63) is 35.5 Å². The second-order valence-electron chi connectivity index (χ2n) is 7.31. The zero-order valence-corrected chi connectivity index (χ0v) is 15.8. The molecule has 1 N–H and O–H groups in total. The number of carbonyl (C=O) groups is 1. The zero-order chi connectivity index (χ0) is 18.4. The van der Waals surface area contributed by atoms with Crippen LogP contribution >= 0.6 is 0 Å². The van der Waals surface area contributed by atoms with E-state index in [4.69, 9.17) is 4.98 Å². The molecule has 1 aromatic heterocycles. The van der Waals surface area contributed by atoms with Gasteiger partial charge in [-0.1, -0.05) is 57.2 Å². The number of aryl methyl sites for hydroxylation is 1. The van der Waals surface area contributed by atoms with Gasteiger partial charge in [0, 0.05) is 17.6 Å². The maximum absolute atomic E-state index is 12.1. The van der Waals surface area contributed by atoms with E-state index < -0.39 is 6.09 Å². The van der Waals surface area contributed by atoms with Crippen molar-refractivity contribution in [1.29, 1.82) is 0 Å². The molecule has 1 amide bonds. The van der Waals surface area contributed by atoms with Crippen LogP contribution in [0.1, 0.15) is 69.5 Å². The Bertz CT molecular complexity index is 757. The van der Waals surface area contributed by atoms with E-state index in [0.717, 1.165) is 66.4 Å². The predicted molar refractivity (Wildman–Crippen MR) is 107 cm³/mol. The van der Waals surface area contributed by atoms with Crippen molar-refractivity contribution in [3.8, 4) is 0 Å². The topological polar surface area (TPSA) is 53.4 Å². The maximum atomic E-state index is 12.1. The largest absolute Gasteiger partial charge is 0.465 e. The fourth-order valence-electron chi connectivity index (χ4n) is 4.01. The fourth-order valence-corrected chi connectivity index (χ4v) is 4.01. The van der Waals surface area contributed by atoms with Crippen LogP contribution in [0.25, 0.3) is 10.9 Å². The van der Waals surface area contributed by atoms with Crippen molar-refractivity contribution in [1.82, 2.24) is 4.98 Å². The van der Waals surface area contributed by atoms with Crippen molar-refractivity contribution < 1.29 is 9.90 Å². The van der Waals surface area contributed by atoms with Crippen LogP contribution in [0.5, 0.6) is 0 Å². The van der Waals surface area contributed by atoms with Gasteiger partial charge in [-0.3, -0.25) is 9.88 Å². The van der Waals surface area contributed by atoms with E-state index in [0.29, 0.717) is 6.54 Å². The number of pyridine rings is 1. The molecule has 1 aliphatic rings. The summed E-state index contributed by atoms with van der Waals surface area (Å²) in [4.78, 5) is 18.5. The van der Waals surface area contributed by atoms with Crippen LogP contribution < -0.4 is 4.90 Å². The first-order chi connectivity index (χ1) is 12.7. The molecule has 0 spiro atoms. The first kappa shape index (κ1) is 18.7. The highest BCUT2D eigenvalue weighted by molar-refractivity contribution is 6.01. The Labute approximate surface area is 156 Å². The Morgan fingerprint density at radius 3 is 2.62 bits per heavy atom. The zero-order valence-electron chi connectivity index (χ0n) is 15.8. The molecule has 3 rings (SSSR count). The van der Waals surface area contributed by atoms with Crippen LogP contribution in [-0.4, -0.2) is 22.7 Å². The van der Waals surface area contributed by atoms with Crippen LogP contribution in [0.15, 0.2) is 24.3 Å². The second kappa shape index (κ2) is 9.02. The summed E-state index contributed by atoms with van der Waals surface area (Å²) in [6, 6.07) is 7.98. The van der Waals surface area contributed by atoms with E-state index in [1.54, 1.807) is 4.90 Å². The van der Waals surface area contributed by atoms with E-state index >= 15 is 0 Å². The van der Waals surface area contributed by atoms with Gasteiger partial charge in [-0.25, -0.2) is 4.79 Å². The third-order valence-electron chi connectivity index (χ3n) is 5.38. The van der Waals surface area contributed by atoms with Gasteiger partial charge in [-0.15, -0.1) is 0 Å². The summed E-state index contributed by atoms with van der Waals surface area (Å²) in [6.07, 6.45) is 10.3. The van der Waals surface area contributed by atoms with Crippen molar-refractivity contribution in [2.75, 3.05) is 11.4 Å². The lowest BCUT2D eigenvalue weighted by atomic mass is 9.92. The first-order valence-electron chi connectivity index (χ1n) is 10.1. The first-order valence-corrected chi connectivity index (χ1v) is 10.1. The Morgan fingerprint density at radius 2 is 1.81 bits per heavy atom. The van der Waals surface area contributed by atoms with Gasteiger partial charge >= 0.3 is 6.09 Å². The van der Waals surface area contributed by atoms with Gasteiger partial charge in [0.25, 0.3) is 0 Å². The molecule has 0 saturated carbocycles. The molecule has 0 aliphatic heterocycles. The molecule has 0 atom stereocenters. The van der Waals surface area contributed by atoms with Crippen LogP contribution in [-0.2, 0) is 12.8 Å². The van der Waals surface area contributed by atoms with Crippen LogP contribution in [0, 0.1) is 0 Å². The van der Waals surface area contributed by atoms with E-state index in [2.05, 4.69) is 6.92 Å². The smallest absolute Gasteiger partial charge is 0.411 e. The summed E-state index contributed by atoms with van der Waals surface area (Å²) in [6.45, 7) is 2.78. The molecular formula is C22H30N2O2. The van der Waals surface area contributed by atoms with Gasteiger partial charge in [0.1, 0.15) is 0 Å². The highest BCUT2D eigenvalue weighted by Crippen LogP contribution is 2.36. The Kier molecular flexibility index (Phi) is 6.48. The number of hydrogen-bond donors (Lipinski definition) is 1. The third-order valence-corrected chi connectivity index (χ3v) is 5.38. The van der Waals surface area contributed by atoms with E-state index in [1.165, 1.54) is 25.7 Å². The number of amides is 1. The Morgan fingerprint density at radius 1 is 1.08 bits per heavy atom. The molecule has 2 aromatic rings. The fraction of sp³-hybridized carbons (Fsp3) is 0.545. The average Bonchev–Trinajstić information content (AvgIpc) is 2.66. The van der Waals surface area contributed by atoms with Gasteiger partial charge < -0.3 is 5.11 Å². The quantitative estimate of drug-likeness (QED) is 0.595. The second-order valence-corrected chi connectivity index (χ2v) is 7.31. The number of aromatic nitrogens is 1. The van der Waals surface area contributed by atoms with Crippen LogP contribution in [0.2, 0.25) is 0 Å². The monoisotopic (exact) mass is 354 g/mol. The van der Waals surface area contributed by atoms with Gasteiger partial charge in [-0.2, -0.15) is 0 Å². The molecule has 4 heteroatoms. The van der Waals surface area contributed by atoms with Crippen molar-refractivity contribution in [2.24, 2.45) is 0 Å². The van der Waals surface area contributed by atoms with Crippen molar-refractivity contribution >= 4 is 22.7 Å². The van der Waals surface area contributed by atoms with Crippen molar-refractivity contribution in [2.45, 2.75) is 71.1 Å². The molecular weight excluding hydrogens is 324 g/mol. The van der Waals surface area contributed by atoms with E-state index in [-0.39, 0.29) is 0 Å². The molecule has 0 saturated heterocycles. The lowest BCUT2D eigenvalue weighted by molar-refractivity contribution is 0.201. The van der Waals surface area contributed by atoms with Gasteiger partial charge in [-0.05, 0) is 43.7 Å². The molecule has 0 radical (unpaired) electrons. The van der Waals surface area contributed by atoms with E-state index in [1.807, 2.05) is 24.3 Å². The summed E-state index contributed by atoms with van der Waals surface area (Å²) in [7, 11) is 0.